The molecule has 3 amide bonds. The molecule has 5 rings (SSSR count). The average molecular weight is 571 g/mol. The van der Waals surface area contributed by atoms with Crippen LogP contribution in [0.15, 0.2) is 72.8 Å². The first-order valence-corrected chi connectivity index (χ1v) is 14.5. The Morgan fingerprint density at radius 3 is 2.19 bits per heavy atom. The Bertz CT molecular complexity index is 1380. The van der Waals surface area contributed by atoms with Crippen LogP contribution >= 0.6 is 0 Å². The first kappa shape index (κ1) is 29.1. The van der Waals surface area contributed by atoms with E-state index in [1.54, 1.807) is 42.3 Å². The Kier molecular flexibility index (Phi) is 9.38. The number of piperazine rings is 1. The lowest BCUT2D eigenvalue weighted by Crippen LogP contribution is -2.50. The largest absolute Gasteiger partial charge is 0.497 e. The molecule has 0 bridgehead atoms. The van der Waals surface area contributed by atoms with E-state index in [-0.39, 0.29) is 23.6 Å². The molecule has 9 heteroatoms. The van der Waals surface area contributed by atoms with Gasteiger partial charge in [0.15, 0.2) is 0 Å². The van der Waals surface area contributed by atoms with E-state index in [4.69, 9.17) is 9.47 Å². The van der Waals surface area contributed by atoms with Gasteiger partial charge in [0.25, 0.3) is 11.8 Å². The minimum absolute atomic E-state index is 0.0949. The molecule has 0 aromatic heterocycles. The highest BCUT2D eigenvalue weighted by Gasteiger charge is 2.30. The quantitative estimate of drug-likeness (QED) is 0.435. The van der Waals surface area contributed by atoms with E-state index < -0.39 is 0 Å². The van der Waals surface area contributed by atoms with Crippen molar-refractivity contribution in [1.82, 2.24) is 9.80 Å². The van der Waals surface area contributed by atoms with Gasteiger partial charge in [0.05, 0.1) is 31.8 Å². The number of hydrogen-bond donors (Lipinski definition) is 1. The summed E-state index contributed by atoms with van der Waals surface area (Å²) in [5, 5.41) is 2.93. The average Bonchev–Trinajstić information content (AvgIpc) is 3.05. The predicted octanol–water partition coefficient (Wildman–Crippen LogP) is 4.26. The summed E-state index contributed by atoms with van der Waals surface area (Å²) in [4.78, 5) is 46.0. The summed E-state index contributed by atoms with van der Waals surface area (Å²) < 4.78 is 10.6. The van der Waals surface area contributed by atoms with Crippen LogP contribution in [0.25, 0.3) is 0 Å². The third-order valence-corrected chi connectivity index (χ3v) is 7.98. The summed E-state index contributed by atoms with van der Waals surface area (Å²) in [6, 6.07) is 22.3. The summed E-state index contributed by atoms with van der Waals surface area (Å²) in [5.41, 5.74) is 3.40. The van der Waals surface area contributed by atoms with Crippen LogP contribution in [-0.4, -0.2) is 87.1 Å². The molecule has 1 atom stereocenters. The number of hydrogen-bond acceptors (Lipinski definition) is 6. The highest BCUT2D eigenvalue weighted by atomic mass is 16.5. The Balaban J connectivity index is 1.33. The Morgan fingerprint density at radius 1 is 0.857 bits per heavy atom. The molecular formula is C33H38N4O5. The zero-order valence-corrected chi connectivity index (χ0v) is 24.3. The van der Waals surface area contributed by atoms with Gasteiger partial charge in [-0.1, -0.05) is 37.3 Å². The van der Waals surface area contributed by atoms with Crippen LogP contribution in [0.2, 0.25) is 0 Å². The molecule has 0 saturated carbocycles. The van der Waals surface area contributed by atoms with Crippen LogP contribution in [0.1, 0.15) is 45.5 Å². The summed E-state index contributed by atoms with van der Waals surface area (Å²) in [6.07, 6.45) is 0.741. The Morgan fingerprint density at radius 2 is 1.55 bits per heavy atom. The number of anilines is 2. The predicted molar refractivity (Wildman–Crippen MR) is 162 cm³/mol. The smallest absolute Gasteiger partial charge is 0.256 e. The SMILES string of the molecule is CC[C@H](C(=O)N1CCN(c2ccc(NC(=O)c3ccc(OC)cc3)cc2C(=O)N2CCOCC2)CC1)c1ccccc1. The second kappa shape index (κ2) is 13.5. The summed E-state index contributed by atoms with van der Waals surface area (Å²) >= 11 is 0. The molecule has 3 aromatic rings. The molecule has 0 spiro atoms. The summed E-state index contributed by atoms with van der Waals surface area (Å²) in [7, 11) is 1.58. The van der Waals surface area contributed by atoms with Crippen LogP contribution in [0.3, 0.4) is 0 Å². The maximum Gasteiger partial charge on any atom is 0.256 e. The number of benzene rings is 3. The number of carbonyl (C=O) groups is 3. The van der Waals surface area contributed by atoms with Crippen molar-refractivity contribution in [2.45, 2.75) is 19.3 Å². The van der Waals surface area contributed by atoms with Gasteiger partial charge in [0.2, 0.25) is 5.91 Å². The van der Waals surface area contributed by atoms with E-state index >= 15 is 0 Å². The van der Waals surface area contributed by atoms with Gasteiger partial charge in [-0.2, -0.15) is 0 Å². The van der Waals surface area contributed by atoms with Gasteiger partial charge in [-0.15, -0.1) is 0 Å². The van der Waals surface area contributed by atoms with E-state index in [0.29, 0.717) is 75.0 Å². The maximum atomic E-state index is 13.8. The second-order valence-electron chi connectivity index (χ2n) is 10.5. The standard InChI is InChI=1S/C33H38N4O5/c1-3-28(24-7-5-4-6-8-24)32(39)36-17-15-35(16-18-36)30-14-11-26(23-29(30)33(40)37-19-21-42-22-20-37)34-31(38)25-9-12-27(41-2)13-10-25/h4-14,23,28H,3,15-22H2,1-2H3,(H,34,38)/t28-/m0/s1. The first-order valence-electron chi connectivity index (χ1n) is 14.5. The van der Waals surface area contributed by atoms with Gasteiger partial charge in [0, 0.05) is 56.2 Å². The lowest BCUT2D eigenvalue weighted by molar-refractivity contribution is -0.133. The molecule has 2 aliphatic rings. The number of nitrogens with one attached hydrogen (secondary N) is 1. The fourth-order valence-corrected chi connectivity index (χ4v) is 5.57. The van der Waals surface area contributed by atoms with E-state index in [0.717, 1.165) is 17.7 Å². The van der Waals surface area contributed by atoms with Crippen LogP contribution in [0.5, 0.6) is 5.75 Å². The monoisotopic (exact) mass is 570 g/mol. The van der Waals surface area contributed by atoms with Crippen molar-refractivity contribution < 1.29 is 23.9 Å². The highest BCUT2D eigenvalue weighted by molar-refractivity contribution is 6.06. The van der Waals surface area contributed by atoms with Gasteiger partial charge >= 0.3 is 0 Å². The van der Waals surface area contributed by atoms with Gasteiger partial charge < -0.3 is 29.5 Å². The minimum atomic E-state index is -0.272. The van der Waals surface area contributed by atoms with E-state index in [9.17, 15) is 14.4 Å². The molecule has 2 saturated heterocycles. The van der Waals surface area contributed by atoms with Crippen LogP contribution in [0, 0.1) is 0 Å². The number of carbonyl (C=O) groups excluding carboxylic acids is 3. The van der Waals surface area contributed by atoms with E-state index in [1.807, 2.05) is 54.3 Å². The first-order chi connectivity index (χ1) is 20.5. The minimum Gasteiger partial charge on any atom is -0.497 e. The lowest BCUT2D eigenvalue weighted by atomic mass is 9.94. The van der Waals surface area contributed by atoms with Crippen molar-refractivity contribution in [2.75, 3.05) is 69.8 Å². The van der Waals surface area contributed by atoms with E-state index in [1.165, 1.54) is 0 Å². The molecule has 0 unspecified atom stereocenters. The number of amides is 3. The summed E-state index contributed by atoms with van der Waals surface area (Å²) in [6.45, 7) is 6.43. The number of rotatable bonds is 8. The lowest BCUT2D eigenvalue weighted by Gasteiger charge is -2.38. The molecule has 3 aromatic carbocycles. The van der Waals surface area contributed by atoms with Crippen molar-refractivity contribution in [3.8, 4) is 5.75 Å². The van der Waals surface area contributed by atoms with Crippen molar-refractivity contribution in [3.63, 3.8) is 0 Å². The topological polar surface area (TPSA) is 91.4 Å². The molecule has 1 N–H and O–H groups in total. The van der Waals surface area contributed by atoms with Crippen molar-refractivity contribution in [2.24, 2.45) is 0 Å². The van der Waals surface area contributed by atoms with Crippen LogP contribution in [0.4, 0.5) is 11.4 Å². The Labute approximate surface area is 247 Å². The van der Waals surface area contributed by atoms with Crippen LogP contribution < -0.4 is 15.0 Å². The van der Waals surface area contributed by atoms with Gasteiger partial charge in [-0.05, 0) is 54.4 Å². The third-order valence-electron chi connectivity index (χ3n) is 7.98. The number of morpholine rings is 1. The van der Waals surface area contributed by atoms with Crippen LogP contribution in [-0.2, 0) is 9.53 Å². The number of ether oxygens (including phenoxy) is 2. The second-order valence-corrected chi connectivity index (χ2v) is 10.5. The molecule has 42 heavy (non-hydrogen) atoms. The molecular weight excluding hydrogens is 532 g/mol. The van der Waals surface area contributed by atoms with E-state index in [2.05, 4.69) is 10.2 Å². The number of nitrogens with zero attached hydrogens (tertiary/aromatic N) is 3. The molecule has 0 radical (unpaired) electrons. The fraction of sp³-hybridized carbons (Fsp3) is 0.364. The summed E-state index contributed by atoms with van der Waals surface area (Å²) in [5.74, 6) is 0.282. The fourth-order valence-electron chi connectivity index (χ4n) is 5.57. The molecule has 9 nitrogen and oxygen atoms in total. The third kappa shape index (κ3) is 6.57. The zero-order chi connectivity index (χ0) is 29.5. The van der Waals surface area contributed by atoms with Gasteiger partial charge in [-0.3, -0.25) is 14.4 Å². The van der Waals surface area contributed by atoms with Gasteiger partial charge in [-0.25, -0.2) is 0 Å². The molecule has 220 valence electrons. The molecule has 2 fully saturated rings. The Hall–Kier alpha value is -4.37. The normalized spacial score (nSPS) is 16.1. The van der Waals surface area contributed by atoms with Crippen molar-refractivity contribution in [3.05, 3.63) is 89.5 Å². The highest BCUT2D eigenvalue weighted by Crippen LogP contribution is 2.29. The van der Waals surface area contributed by atoms with Crippen molar-refractivity contribution >= 4 is 29.1 Å². The molecule has 2 heterocycles. The zero-order valence-electron chi connectivity index (χ0n) is 24.3. The molecule has 2 aliphatic heterocycles. The maximum absolute atomic E-state index is 13.8. The molecule has 0 aliphatic carbocycles. The van der Waals surface area contributed by atoms with Crippen molar-refractivity contribution in [1.29, 1.82) is 0 Å². The number of methoxy groups -OCH3 is 1. The van der Waals surface area contributed by atoms with Gasteiger partial charge in [0.1, 0.15) is 5.75 Å².